The maximum absolute atomic E-state index is 13.5. The summed E-state index contributed by atoms with van der Waals surface area (Å²) < 4.78 is 33.6. The predicted molar refractivity (Wildman–Crippen MR) is 149 cm³/mol. The van der Waals surface area contributed by atoms with Crippen LogP contribution in [0.5, 0.6) is 5.75 Å². The third kappa shape index (κ3) is 6.19. The van der Waals surface area contributed by atoms with E-state index in [2.05, 4.69) is 15.2 Å². The van der Waals surface area contributed by atoms with Crippen molar-refractivity contribution in [2.24, 2.45) is 5.92 Å². The summed E-state index contributed by atoms with van der Waals surface area (Å²) in [6, 6.07) is 6.50. The fraction of sp³-hybridized carbons (Fsp3) is 0.536. The summed E-state index contributed by atoms with van der Waals surface area (Å²) in [5.74, 6) is 0.177. The predicted octanol–water partition coefficient (Wildman–Crippen LogP) is 2.39. The number of benzene rings is 1. The highest BCUT2D eigenvalue weighted by Gasteiger charge is 2.41. The van der Waals surface area contributed by atoms with Gasteiger partial charge in [-0.15, -0.1) is 0 Å². The Hall–Kier alpha value is -3.18. The Bertz CT molecular complexity index is 1290. The summed E-state index contributed by atoms with van der Waals surface area (Å²) in [7, 11) is -0.603. The lowest BCUT2D eigenvalue weighted by molar-refractivity contribution is -0.133. The van der Waals surface area contributed by atoms with Crippen LogP contribution >= 0.6 is 0 Å². The van der Waals surface area contributed by atoms with E-state index in [9.17, 15) is 18.0 Å². The number of methoxy groups -OCH3 is 1. The van der Waals surface area contributed by atoms with Gasteiger partial charge in [0.25, 0.3) is 0 Å². The minimum absolute atomic E-state index is 0.120. The number of carbonyl (C=O) groups is 2. The van der Waals surface area contributed by atoms with Crippen LogP contribution in [0.2, 0.25) is 0 Å². The maximum Gasteiger partial charge on any atom is 0.244 e. The van der Waals surface area contributed by atoms with E-state index < -0.39 is 22.0 Å². The van der Waals surface area contributed by atoms with Gasteiger partial charge >= 0.3 is 0 Å². The van der Waals surface area contributed by atoms with Crippen LogP contribution in [0.3, 0.4) is 0 Å². The van der Waals surface area contributed by atoms with Gasteiger partial charge in [-0.1, -0.05) is 6.92 Å². The Morgan fingerprint density at radius 3 is 2.51 bits per heavy atom. The molecule has 0 radical (unpaired) electrons. The van der Waals surface area contributed by atoms with Crippen molar-refractivity contribution in [2.45, 2.75) is 50.5 Å². The fourth-order valence-corrected chi connectivity index (χ4v) is 7.74. The van der Waals surface area contributed by atoms with Gasteiger partial charge in [0.1, 0.15) is 11.8 Å². The second-order valence-corrected chi connectivity index (χ2v) is 12.5. The zero-order valence-electron chi connectivity index (χ0n) is 23.4. The first kappa shape index (κ1) is 28.8. The first-order valence-electron chi connectivity index (χ1n) is 13.4. The zero-order chi connectivity index (χ0) is 28.3. The number of carbonyl (C=O) groups excluding carboxylic acids is 2. The van der Waals surface area contributed by atoms with Gasteiger partial charge in [0.2, 0.25) is 21.8 Å². The average Bonchev–Trinajstić information content (AvgIpc) is 2.93. The van der Waals surface area contributed by atoms with Crippen LogP contribution in [0, 0.1) is 12.8 Å². The molecule has 0 spiro atoms. The summed E-state index contributed by atoms with van der Waals surface area (Å²) in [5.41, 5.74) is 2.43. The Kier molecular flexibility index (Phi) is 8.80. The number of nitrogens with zero attached hydrogens (tertiary/aromatic N) is 4. The Labute approximate surface area is 231 Å². The SMILES string of the molecule is COc1cc(C)c2c(c1)C(C)CN(C(C)C(=O)NCC(=O)N(C)CC1CCN(c3ccncc3)CC1)S2(=O)=O. The van der Waals surface area contributed by atoms with Gasteiger partial charge in [0, 0.05) is 51.3 Å². The number of rotatable bonds is 8. The van der Waals surface area contributed by atoms with Crippen LogP contribution in [-0.4, -0.2) is 87.3 Å². The molecule has 0 aliphatic carbocycles. The standard InChI is InChI=1S/C28H39N5O5S/c1-19-14-24(38-5)15-25-20(2)17-33(39(36,37)27(19)25)21(3)28(35)30-16-26(34)31(4)18-22-8-12-32(13-9-22)23-6-10-29-11-7-23/h6-7,10-11,14-15,20-22H,8-9,12-13,16-18H2,1-5H3,(H,30,35). The monoisotopic (exact) mass is 557 g/mol. The van der Waals surface area contributed by atoms with Crippen molar-refractivity contribution in [1.82, 2.24) is 19.5 Å². The molecule has 1 saturated heterocycles. The molecule has 1 fully saturated rings. The van der Waals surface area contributed by atoms with Crippen molar-refractivity contribution >= 4 is 27.5 Å². The molecule has 0 saturated carbocycles. The number of hydrogen-bond acceptors (Lipinski definition) is 7. The van der Waals surface area contributed by atoms with Gasteiger partial charge in [-0.2, -0.15) is 4.31 Å². The number of ether oxygens (including phenoxy) is 1. The third-order valence-corrected chi connectivity index (χ3v) is 10.0. The molecule has 2 atom stereocenters. The number of piperidine rings is 1. The van der Waals surface area contributed by atoms with Gasteiger partial charge in [-0.25, -0.2) is 8.42 Å². The molecule has 39 heavy (non-hydrogen) atoms. The second kappa shape index (κ2) is 11.9. The number of likely N-dealkylation sites (N-methyl/N-ethyl adjacent to an activating group) is 1. The van der Waals surface area contributed by atoms with Crippen LogP contribution in [0.1, 0.15) is 43.7 Å². The molecule has 10 nitrogen and oxygen atoms in total. The van der Waals surface area contributed by atoms with Crippen LogP contribution in [0.4, 0.5) is 5.69 Å². The number of aromatic nitrogens is 1. The van der Waals surface area contributed by atoms with Gasteiger partial charge in [-0.05, 0) is 73.9 Å². The fourth-order valence-electron chi connectivity index (χ4n) is 5.55. The third-order valence-electron chi connectivity index (χ3n) is 7.89. The molecular weight excluding hydrogens is 518 g/mol. The topological polar surface area (TPSA) is 112 Å². The Morgan fingerprint density at radius 1 is 1.21 bits per heavy atom. The van der Waals surface area contributed by atoms with E-state index in [-0.39, 0.29) is 29.8 Å². The van der Waals surface area contributed by atoms with Crippen molar-refractivity contribution in [3.63, 3.8) is 0 Å². The van der Waals surface area contributed by atoms with Gasteiger partial charge in [-0.3, -0.25) is 14.6 Å². The van der Waals surface area contributed by atoms with Crippen LogP contribution in [0.25, 0.3) is 0 Å². The maximum atomic E-state index is 13.5. The number of aryl methyl sites for hydroxylation is 1. The van der Waals surface area contributed by atoms with Crippen LogP contribution < -0.4 is 15.0 Å². The highest BCUT2D eigenvalue weighted by Crippen LogP contribution is 2.39. The van der Waals surface area contributed by atoms with E-state index in [4.69, 9.17) is 4.74 Å². The summed E-state index contributed by atoms with van der Waals surface area (Å²) in [6.07, 6.45) is 5.53. The lowest BCUT2D eigenvalue weighted by atomic mass is 9.96. The number of sulfonamides is 1. The number of pyridine rings is 1. The second-order valence-electron chi connectivity index (χ2n) is 10.6. The number of hydrogen-bond donors (Lipinski definition) is 1. The van der Waals surface area contributed by atoms with E-state index >= 15 is 0 Å². The molecule has 11 heteroatoms. The van der Waals surface area contributed by atoms with E-state index in [1.807, 2.05) is 19.1 Å². The van der Waals surface area contributed by atoms with E-state index in [0.29, 0.717) is 29.3 Å². The summed E-state index contributed by atoms with van der Waals surface area (Å²) in [6.45, 7) is 7.68. The smallest absolute Gasteiger partial charge is 0.244 e. The largest absolute Gasteiger partial charge is 0.497 e. The van der Waals surface area contributed by atoms with Crippen molar-refractivity contribution in [3.8, 4) is 5.75 Å². The van der Waals surface area contributed by atoms with Crippen molar-refractivity contribution in [3.05, 3.63) is 47.8 Å². The quantitative estimate of drug-likeness (QED) is 0.530. The van der Waals surface area contributed by atoms with Crippen molar-refractivity contribution < 1.29 is 22.7 Å². The highest BCUT2D eigenvalue weighted by atomic mass is 32.2. The average molecular weight is 558 g/mol. The normalized spacial score (nSPS) is 20.1. The zero-order valence-corrected chi connectivity index (χ0v) is 24.2. The number of amides is 2. The molecular formula is C28H39N5O5S. The summed E-state index contributed by atoms with van der Waals surface area (Å²) in [5, 5.41) is 2.67. The molecule has 2 aliphatic rings. The molecule has 1 N–H and O–H groups in total. The van der Waals surface area contributed by atoms with Gasteiger partial charge in [0.05, 0.1) is 18.6 Å². The molecule has 2 aliphatic heterocycles. The molecule has 2 aromatic rings. The van der Waals surface area contributed by atoms with E-state index in [1.165, 1.54) is 4.31 Å². The highest BCUT2D eigenvalue weighted by molar-refractivity contribution is 7.89. The van der Waals surface area contributed by atoms with E-state index in [1.54, 1.807) is 57.4 Å². The molecule has 2 unspecified atom stereocenters. The van der Waals surface area contributed by atoms with Gasteiger partial charge < -0.3 is 19.9 Å². The van der Waals surface area contributed by atoms with Gasteiger partial charge in [0.15, 0.2) is 0 Å². The lowest BCUT2D eigenvalue weighted by Crippen LogP contribution is -2.52. The minimum atomic E-state index is -3.90. The van der Waals surface area contributed by atoms with Crippen molar-refractivity contribution in [2.75, 3.05) is 51.8 Å². The Balaban J connectivity index is 1.31. The molecule has 0 bridgehead atoms. The Morgan fingerprint density at radius 2 is 1.87 bits per heavy atom. The molecule has 212 valence electrons. The summed E-state index contributed by atoms with van der Waals surface area (Å²) >= 11 is 0. The van der Waals surface area contributed by atoms with Crippen LogP contribution in [-0.2, 0) is 19.6 Å². The van der Waals surface area contributed by atoms with Crippen molar-refractivity contribution in [1.29, 1.82) is 0 Å². The summed E-state index contributed by atoms with van der Waals surface area (Å²) in [4.78, 5) is 34.1. The molecule has 1 aromatic carbocycles. The first-order valence-corrected chi connectivity index (χ1v) is 14.8. The molecule has 1 aromatic heterocycles. The van der Waals surface area contributed by atoms with Crippen LogP contribution in [0.15, 0.2) is 41.6 Å². The number of anilines is 1. The minimum Gasteiger partial charge on any atom is -0.497 e. The van der Waals surface area contributed by atoms with E-state index in [0.717, 1.165) is 31.6 Å². The first-order chi connectivity index (χ1) is 18.5. The number of nitrogens with one attached hydrogen (secondary N) is 1. The molecule has 3 heterocycles. The lowest BCUT2D eigenvalue weighted by Gasteiger charge is -2.36. The number of fused-ring (bicyclic) bond motifs is 1. The molecule has 4 rings (SSSR count). The molecule has 2 amide bonds.